The minimum Gasteiger partial charge on any atom is -0.364 e. The molecule has 0 radical (unpaired) electrons. The lowest BCUT2D eigenvalue weighted by Gasteiger charge is -2.34. The van der Waals surface area contributed by atoms with Crippen molar-refractivity contribution in [1.82, 2.24) is 0 Å². The SMILES string of the molecule is COC(c1ccccc1)(c1ccccc1)c1ccccc1.Cl. The van der Waals surface area contributed by atoms with Gasteiger partial charge in [0.15, 0.2) is 0 Å². The average Bonchev–Trinajstić information content (AvgIpc) is 2.59. The highest BCUT2D eigenvalue weighted by atomic mass is 35.5. The van der Waals surface area contributed by atoms with Gasteiger partial charge in [-0.2, -0.15) is 0 Å². The Hall–Kier alpha value is -2.09. The summed E-state index contributed by atoms with van der Waals surface area (Å²) in [6, 6.07) is 31.1. The summed E-state index contributed by atoms with van der Waals surface area (Å²) in [7, 11) is 1.77. The van der Waals surface area contributed by atoms with Gasteiger partial charge in [-0.05, 0) is 16.7 Å². The number of halogens is 1. The number of benzene rings is 3. The molecule has 0 amide bonds. The maximum atomic E-state index is 6.10. The lowest BCUT2D eigenvalue weighted by molar-refractivity contribution is 0.0585. The van der Waals surface area contributed by atoms with Gasteiger partial charge in [-0.15, -0.1) is 12.4 Å². The topological polar surface area (TPSA) is 9.23 Å². The van der Waals surface area contributed by atoms with Gasteiger partial charge in [0.05, 0.1) is 0 Å². The molecule has 0 bridgehead atoms. The monoisotopic (exact) mass is 310 g/mol. The van der Waals surface area contributed by atoms with Gasteiger partial charge in [0.2, 0.25) is 0 Å². The molecular weight excluding hydrogens is 292 g/mol. The van der Waals surface area contributed by atoms with Crippen molar-refractivity contribution >= 4 is 12.4 Å². The van der Waals surface area contributed by atoms with Gasteiger partial charge in [0.25, 0.3) is 0 Å². The molecule has 1 nitrogen and oxygen atoms in total. The van der Waals surface area contributed by atoms with E-state index in [0.717, 1.165) is 16.7 Å². The van der Waals surface area contributed by atoms with Crippen molar-refractivity contribution in [3.63, 3.8) is 0 Å². The van der Waals surface area contributed by atoms with Crippen LogP contribution in [0.1, 0.15) is 16.7 Å². The Morgan fingerprint density at radius 3 is 1.05 bits per heavy atom. The summed E-state index contributed by atoms with van der Waals surface area (Å²) < 4.78 is 6.10. The van der Waals surface area contributed by atoms with Crippen LogP contribution in [0, 0.1) is 0 Å². The van der Waals surface area contributed by atoms with Crippen LogP contribution in [-0.4, -0.2) is 7.11 Å². The van der Waals surface area contributed by atoms with Crippen LogP contribution >= 0.6 is 12.4 Å². The molecule has 22 heavy (non-hydrogen) atoms. The molecule has 0 N–H and O–H groups in total. The molecule has 0 unspecified atom stereocenters. The van der Waals surface area contributed by atoms with Gasteiger partial charge < -0.3 is 4.74 Å². The van der Waals surface area contributed by atoms with E-state index in [1.165, 1.54) is 0 Å². The first-order chi connectivity index (χ1) is 10.4. The molecule has 3 aromatic carbocycles. The zero-order chi connectivity index (χ0) is 14.5. The van der Waals surface area contributed by atoms with Crippen LogP contribution in [0.4, 0.5) is 0 Å². The quantitative estimate of drug-likeness (QED) is 0.613. The highest BCUT2D eigenvalue weighted by Gasteiger charge is 2.35. The molecule has 0 aliphatic carbocycles. The van der Waals surface area contributed by atoms with E-state index in [-0.39, 0.29) is 12.4 Å². The van der Waals surface area contributed by atoms with Gasteiger partial charge in [0.1, 0.15) is 5.60 Å². The minimum atomic E-state index is -0.580. The highest BCUT2D eigenvalue weighted by Crippen LogP contribution is 2.39. The van der Waals surface area contributed by atoms with Crippen molar-refractivity contribution in [3.05, 3.63) is 108 Å². The lowest BCUT2D eigenvalue weighted by atomic mass is 9.80. The largest absolute Gasteiger partial charge is 0.364 e. The van der Waals surface area contributed by atoms with E-state index >= 15 is 0 Å². The van der Waals surface area contributed by atoms with Crippen molar-refractivity contribution in [2.45, 2.75) is 5.60 Å². The van der Waals surface area contributed by atoms with E-state index < -0.39 is 5.60 Å². The molecule has 0 aliphatic heterocycles. The predicted octanol–water partition coefficient (Wildman–Crippen LogP) is 5.05. The van der Waals surface area contributed by atoms with Gasteiger partial charge in [-0.3, -0.25) is 0 Å². The van der Waals surface area contributed by atoms with Gasteiger partial charge in [-0.25, -0.2) is 0 Å². The maximum Gasteiger partial charge on any atom is 0.143 e. The molecule has 0 saturated carbocycles. The number of hydrogen-bond donors (Lipinski definition) is 0. The van der Waals surface area contributed by atoms with Crippen molar-refractivity contribution in [2.24, 2.45) is 0 Å². The third-order valence-corrected chi connectivity index (χ3v) is 3.85. The van der Waals surface area contributed by atoms with E-state index in [1.54, 1.807) is 7.11 Å². The van der Waals surface area contributed by atoms with Crippen LogP contribution in [0.2, 0.25) is 0 Å². The fourth-order valence-corrected chi connectivity index (χ4v) is 2.87. The molecule has 3 aromatic rings. The summed E-state index contributed by atoms with van der Waals surface area (Å²) in [6.07, 6.45) is 0. The third kappa shape index (κ3) is 2.78. The van der Waals surface area contributed by atoms with Crippen LogP contribution in [0.5, 0.6) is 0 Å². The second-order valence-electron chi connectivity index (χ2n) is 4.98. The molecular formula is C20H19ClO. The number of ether oxygens (including phenoxy) is 1. The normalized spacial score (nSPS) is 10.8. The maximum absolute atomic E-state index is 6.10. The molecule has 0 heterocycles. The second kappa shape index (κ2) is 7.26. The Morgan fingerprint density at radius 2 is 0.818 bits per heavy atom. The summed E-state index contributed by atoms with van der Waals surface area (Å²) >= 11 is 0. The Kier molecular flexibility index (Phi) is 5.37. The van der Waals surface area contributed by atoms with Crippen LogP contribution in [0.25, 0.3) is 0 Å². The number of rotatable bonds is 4. The first kappa shape index (κ1) is 16.3. The number of hydrogen-bond acceptors (Lipinski definition) is 1. The van der Waals surface area contributed by atoms with Gasteiger partial charge >= 0.3 is 0 Å². The molecule has 0 aliphatic rings. The Balaban J connectivity index is 0.00000176. The van der Waals surface area contributed by atoms with Crippen LogP contribution in [0.3, 0.4) is 0 Å². The van der Waals surface area contributed by atoms with Crippen LogP contribution in [-0.2, 0) is 10.3 Å². The van der Waals surface area contributed by atoms with Gasteiger partial charge in [0, 0.05) is 7.11 Å². The molecule has 0 fully saturated rings. The van der Waals surface area contributed by atoms with E-state index in [0.29, 0.717) is 0 Å². The molecule has 0 spiro atoms. The second-order valence-corrected chi connectivity index (χ2v) is 4.98. The third-order valence-electron chi connectivity index (χ3n) is 3.85. The zero-order valence-electron chi connectivity index (χ0n) is 12.5. The van der Waals surface area contributed by atoms with Gasteiger partial charge in [-0.1, -0.05) is 91.0 Å². The predicted molar refractivity (Wildman–Crippen MR) is 93.5 cm³/mol. The summed E-state index contributed by atoms with van der Waals surface area (Å²) in [5.41, 5.74) is 2.81. The van der Waals surface area contributed by atoms with Crippen LogP contribution < -0.4 is 0 Å². The summed E-state index contributed by atoms with van der Waals surface area (Å²) in [5, 5.41) is 0. The van der Waals surface area contributed by atoms with E-state index in [4.69, 9.17) is 4.74 Å². The smallest absolute Gasteiger partial charge is 0.143 e. The molecule has 0 atom stereocenters. The molecule has 0 aromatic heterocycles. The first-order valence-electron chi connectivity index (χ1n) is 7.09. The molecule has 112 valence electrons. The number of methoxy groups -OCH3 is 1. The van der Waals surface area contributed by atoms with E-state index in [9.17, 15) is 0 Å². The molecule has 2 heteroatoms. The summed E-state index contributed by atoms with van der Waals surface area (Å²) in [6.45, 7) is 0. The summed E-state index contributed by atoms with van der Waals surface area (Å²) in [5.74, 6) is 0. The van der Waals surface area contributed by atoms with Crippen LogP contribution in [0.15, 0.2) is 91.0 Å². The average molecular weight is 311 g/mol. The standard InChI is InChI=1S/C20H18O.ClH/c1-21-20(17-11-5-2-6-12-17,18-13-7-3-8-14-18)19-15-9-4-10-16-19;/h2-16H,1H3;1H. The fraction of sp³-hybridized carbons (Fsp3) is 0.100. The Morgan fingerprint density at radius 1 is 0.545 bits per heavy atom. The van der Waals surface area contributed by atoms with Crippen molar-refractivity contribution in [3.8, 4) is 0 Å². The zero-order valence-corrected chi connectivity index (χ0v) is 13.3. The van der Waals surface area contributed by atoms with E-state index in [2.05, 4.69) is 72.8 Å². The lowest BCUT2D eigenvalue weighted by Crippen LogP contribution is -2.31. The first-order valence-corrected chi connectivity index (χ1v) is 7.09. The summed E-state index contributed by atoms with van der Waals surface area (Å²) in [4.78, 5) is 0. The van der Waals surface area contributed by atoms with E-state index in [1.807, 2.05) is 18.2 Å². The Labute approximate surface area is 138 Å². The minimum absolute atomic E-state index is 0. The highest BCUT2D eigenvalue weighted by molar-refractivity contribution is 5.85. The van der Waals surface area contributed by atoms with Crippen molar-refractivity contribution in [1.29, 1.82) is 0 Å². The molecule has 3 rings (SSSR count). The molecule has 0 saturated heterocycles. The van der Waals surface area contributed by atoms with Crippen molar-refractivity contribution < 1.29 is 4.74 Å². The van der Waals surface area contributed by atoms with Crippen molar-refractivity contribution in [2.75, 3.05) is 7.11 Å². The fourth-order valence-electron chi connectivity index (χ4n) is 2.87. The Bertz CT molecular complexity index is 584.